The van der Waals surface area contributed by atoms with E-state index < -0.39 is 0 Å². The van der Waals surface area contributed by atoms with Gasteiger partial charge in [-0.15, -0.1) is 0 Å². The molecule has 3 nitrogen and oxygen atoms in total. The first-order chi connectivity index (χ1) is 9.92. The highest BCUT2D eigenvalue weighted by molar-refractivity contribution is 5.19. The lowest BCUT2D eigenvalue weighted by Gasteiger charge is -2.65. The van der Waals surface area contributed by atoms with Gasteiger partial charge in [0.25, 0.3) is 0 Å². The minimum atomic E-state index is 0.374. The lowest BCUT2D eigenvalue weighted by atomic mass is 9.43. The number of nitrogens with one attached hydrogen (secondary N) is 1. The molecule has 0 spiro atoms. The number of aromatic nitrogens is 2. The molecule has 21 heavy (non-hydrogen) atoms. The normalized spacial score (nSPS) is 44.2. The van der Waals surface area contributed by atoms with Gasteiger partial charge in [0.15, 0.2) is 0 Å². The van der Waals surface area contributed by atoms with Crippen LogP contribution in [0.3, 0.4) is 0 Å². The van der Waals surface area contributed by atoms with E-state index in [0.717, 1.165) is 12.5 Å². The third kappa shape index (κ3) is 2.26. The van der Waals surface area contributed by atoms with Crippen LogP contribution in [0, 0.1) is 16.7 Å². The van der Waals surface area contributed by atoms with Crippen LogP contribution in [0.15, 0.2) is 19.0 Å². The van der Waals surface area contributed by atoms with E-state index in [2.05, 4.69) is 37.0 Å². The van der Waals surface area contributed by atoms with Crippen molar-refractivity contribution in [2.45, 2.75) is 64.5 Å². The smallest absolute Gasteiger partial charge is 0.0538 e. The Morgan fingerprint density at radius 3 is 2.57 bits per heavy atom. The molecular formula is C18H27N3. The van der Waals surface area contributed by atoms with Crippen LogP contribution in [-0.2, 0) is 6.54 Å². The fourth-order valence-electron chi connectivity index (χ4n) is 6.50. The molecule has 2 unspecified atom stereocenters. The van der Waals surface area contributed by atoms with Crippen LogP contribution in [0.5, 0.6) is 0 Å². The van der Waals surface area contributed by atoms with Crippen LogP contribution in [0.1, 0.15) is 57.9 Å². The molecule has 1 aromatic heterocycles. The fourth-order valence-corrected chi connectivity index (χ4v) is 6.50. The van der Waals surface area contributed by atoms with Crippen molar-refractivity contribution >= 4 is 6.20 Å². The standard InChI is InChI=1S/C18H27N3/c1-4-21-10-15(9-20-21)8-19-18-7-14-5-16(2,12-18)11-17(3,6-14)13-18/h4,9-10,14,19H,1,5-8,11-13H2,2-3H3. The van der Waals surface area contributed by atoms with E-state index in [1.54, 1.807) is 10.9 Å². The summed E-state index contributed by atoms with van der Waals surface area (Å²) in [5, 5.41) is 8.23. The van der Waals surface area contributed by atoms with Gasteiger partial charge >= 0.3 is 0 Å². The van der Waals surface area contributed by atoms with Gasteiger partial charge in [-0.05, 0) is 55.3 Å². The molecule has 5 rings (SSSR count). The Kier molecular flexibility index (Phi) is 2.73. The van der Waals surface area contributed by atoms with Gasteiger partial charge in [-0.25, -0.2) is 4.68 Å². The van der Waals surface area contributed by atoms with Crippen LogP contribution in [0.2, 0.25) is 0 Å². The number of nitrogens with zero attached hydrogens (tertiary/aromatic N) is 2. The average molecular weight is 285 g/mol. The molecule has 4 aliphatic rings. The highest BCUT2D eigenvalue weighted by Gasteiger charge is 2.59. The second-order valence-corrected chi connectivity index (χ2v) is 8.78. The van der Waals surface area contributed by atoms with Gasteiger partial charge in [0.05, 0.1) is 6.20 Å². The third-order valence-electron chi connectivity index (χ3n) is 6.14. The molecular weight excluding hydrogens is 258 g/mol. The maximum Gasteiger partial charge on any atom is 0.0538 e. The summed E-state index contributed by atoms with van der Waals surface area (Å²) in [6, 6.07) is 0. The minimum Gasteiger partial charge on any atom is -0.307 e. The van der Waals surface area contributed by atoms with Crippen molar-refractivity contribution < 1.29 is 0 Å². The van der Waals surface area contributed by atoms with Gasteiger partial charge < -0.3 is 5.32 Å². The molecule has 0 aliphatic heterocycles. The maximum absolute atomic E-state index is 4.29. The molecule has 0 aromatic carbocycles. The summed E-state index contributed by atoms with van der Waals surface area (Å²) in [5.41, 5.74) is 2.79. The Morgan fingerprint density at radius 2 is 2.00 bits per heavy atom. The average Bonchev–Trinajstić information content (AvgIpc) is 2.80. The maximum atomic E-state index is 4.29. The molecule has 3 heteroatoms. The van der Waals surface area contributed by atoms with Gasteiger partial charge in [0.2, 0.25) is 0 Å². The molecule has 114 valence electrons. The van der Waals surface area contributed by atoms with E-state index >= 15 is 0 Å². The Hall–Kier alpha value is -1.09. The van der Waals surface area contributed by atoms with E-state index in [1.807, 2.05) is 6.20 Å². The number of hydrogen-bond donors (Lipinski definition) is 1. The van der Waals surface area contributed by atoms with Crippen LogP contribution < -0.4 is 5.32 Å². The van der Waals surface area contributed by atoms with Crippen molar-refractivity contribution in [1.82, 2.24) is 15.1 Å². The highest BCUT2D eigenvalue weighted by atomic mass is 15.2. The van der Waals surface area contributed by atoms with E-state index in [0.29, 0.717) is 16.4 Å². The van der Waals surface area contributed by atoms with Gasteiger partial charge in [-0.2, -0.15) is 5.10 Å². The topological polar surface area (TPSA) is 29.9 Å². The molecule has 4 aliphatic carbocycles. The van der Waals surface area contributed by atoms with E-state index in [-0.39, 0.29) is 0 Å². The predicted molar refractivity (Wildman–Crippen MR) is 85.6 cm³/mol. The largest absolute Gasteiger partial charge is 0.307 e. The first-order valence-corrected chi connectivity index (χ1v) is 8.32. The second-order valence-electron chi connectivity index (χ2n) is 8.78. The van der Waals surface area contributed by atoms with Crippen molar-refractivity contribution in [2.75, 3.05) is 0 Å². The van der Waals surface area contributed by atoms with Crippen LogP contribution in [0.25, 0.3) is 6.20 Å². The minimum absolute atomic E-state index is 0.374. The molecule has 4 bridgehead atoms. The molecule has 2 atom stereocenters. The van der Waals surface area contributed by atoms with Gasteiger partial charge in [0.1, 0.15) is 0 Å². The fraction of sp³-hybridized carbons (Fsp3) is 0.722. The lowest BCUT2D eigenvalue weighted by molar-refractivity contribution is -0.118. The Balaban J connectivity index is 1.53. The summed E-state index contributed by atoms with van der Waals surface area (Å²) in [5.74, 6) is 0.944. The summed E-state index contributed by atoms with van der Waals surface area (Å²) >= 11 is 0. The van der Waals surface area contributed by atoms with Crippen LogP contribution in [-0.4, -0.2) is 15.3 Å². The Morgan fingerprint density at radius 1 is 1.29 bits per heavy atom. The molecule has 0 amide bonds. The van der Waals surface area contributed by atoms with Gasteiger partial charge in [-0.1, -0.05) is 20.4 Å². The summed E-state index contributed by atoms with van der Waals surface area (Å²) in [6.45, 7) is 9.75. The molecule has 1 aromatic rings. The van der Waals surface area contributed by atoms with E-state index in [4.69, 9.17) is 0 Å². The number of rotatable bonds is 4. The number of hydrogen-bond acceptors (Lipinski definition) is 2. The molecule has 4 fully saturated rings. The Labute approximate surface area is 127 Å². The summed E-state index contributed by atoms with van der Waals surface area (Å²) in [6.07, 6.45) is 14.2. The summed E-state index contributed by atoms with van der Waals surface area (Å²) in [7, 11) is 0. The first-order valence-electron chi connectivity index (χ1n) is 8.32. The van der Waals surface area contributed by atoms with Crippen molar-refractivity contribution in [2.24, 2.45) is 16.7 Å². The third-order valence-corrected chi connectivity index (χ3v) is 6.14. The zero-order valence-electron chi connectivity index (χ0n) is 13.4. The molecule has 0 radical (unpaired) electrons. The van der Waals surface area contributed by atoms with Crippen LogP contribution in [0.4, 0.5) is 0 Å². The highest BCUT2D eigenvalue weighted by Crippen LogP contribution is 2.66. The Bertz CT molecular complexity index is 555. The van der Waals surface area contributed by atoms with Crippen molar-refractivity contribution in [3.8, 4) is 0 Å². The first kappa shape index (κ1) is 13.6. The second kappa shape index (κ2) is 4.22. The quantitative estimate of drug-likeness (QED) is 0.911. The zero-order chi connectivity index (χ0) is 14.7. The van der Waals surface area contributed by atoms with Crippen molar-refractivity contribution in [3.05, 3.63) is 24.5 Å². The summed E-state index contributed by atoms with van der Waals surface area (Å²) < 4.78 is 1.79. The zero-order valence-corrected chi connectivity index (χ0v) is 13.4. The molecule has 4 saturated carbocycles. The van der Waals surface area contributed by atoms with Crippen LogP contribution >= 0.6 is 0 Å². The molecule has 0 saturated heterocycles. The predicted octanol–water partition coefficient (Wildman–Crippen LogP) is 3.82. The van der Waals surface area contributed by atoms with E-state index in [1.165, 1.54) is 44.1 Å². The van der Waals surface area contributed by atoms with Crippen molar-refractivity contribution in [1.29, 1.82) is 0 Å². The van der Waals surface area contributed by atoms with E-state index in [9.17, 15) is 0 Å². The summed E-state index contributed by atoms with van der Waals surface area (Å²) in [4.78, 5) is 0. The SMILES string of the molecule is C=Cn1cc(CNC23CC4CC(C)(CC(C)(C4)C2)C3)cn1. The van der Waals surface area contributed by atoms with Gasteiger partial charge in [-0.3, -0.25) is 0 Å². The molecule has 1 N–H and O–H groups in total. The lowest BCUT2D eigenvalue weighted by Crippen LogP contribution is -2.63. The van der Waals surface area contributed by atoms with Gasteiger partial charge in [0, 0.05) is 30.0 Å². The van der Waals surface area contributed by atoms with Crippen molar-refractivity contribution in [3.63, 3.8) is 0 Å². The molecule has 1 heterocycles. The monoisotopic (exact) mass is 285 g/mol.